The van der Waals surface area contributed by atoms with Crippen LogP contribution in [-0.2, 0) is 19.1 Å². The normalized spacial score (nSPS) is 12.5. The third kappa shape index (κ3) is 6.87. The number of benzene rings is 2. The van der Waals surface area contributed by atoms with Gasteiger partial charge in [0, 0.05) is 21.9 Å². The topological polar surface area (TPSA) is 71.1 Å². The molecule has 0 bridgehead atoms. The van der Waals surface area contributed by atoms with Gasteiger partial charge >= 0.3 is 11.9 Å². The molecule has 32 heavy (non-hydrogen) atoms. The van der Waals surface area contributed by atoms with Crippen molar-refractivity contribution in [3.05, 3.63) is 60.7 Å². The molecule has 0 saturated carbocycles. The van der Waals surface area contributed by atoms with Crippen LogP contribution in [0, 0.1) is 0 Å². The molecule has 0 radical (unpaired) electrons. The van der Waals surface area contributed by atoms with E-state index in [4.69, 9.17) is 18.9 Å². The molecule has 0 aliphatic heterocycles. The van der Waals surface area contributed by atoms with E-state index in [-0.39, 0.29) is 25.4 Å². The van der Waals surface area contributed by atoms with Crippen LogP contribution < -0.4 is 9.47 Å². The van der Waals surface area contributed by atoms with Crippen LogP contribution in [0.4, 0.5) is 0 Å². The lowest BCUT2D eigenvalue weighted by Gasteiger charge is -2.19. The van der Waals surface area contributed by atoms with Crippen LogP contribution in [0.5, 0.6) is 11.5 Å². The summed E-state index contributed by atoms with van der Waals surface area (Å²) in [4.78, 5) is 23.6. The second kappa shape index (κ2) is 11.9. The molecule has 0 amide bonds. The first-order valence-corrected chi connectivity index (χ1v) is 10.8. The second-order valence-corrected chi connectivity index (χ2v) is 7.66. The van der Waals surface area contributed by atoms with Crippen LogP contribution in [0.3, 0.4) is 0 Å². The fourth-order valence-electron chi connectivity index (χ4n) is 2.84. The third-order valence-electron chi connectivity index (χ3n) is 4.85. The van der Waals surface area contributed by atoms with Gasteiger partial charge in [0.2, 0.25) is 0 Å². The molecule has 2 atom stereocenters. The molecule has 2 unspecified atom stereocenters. The Hall–Kier alpha value is -3.28. The predicted molar refractivity (Wildman–Crippen MR) is 125 cm³/mol. The number of fused-ring (bicyclic) bond motifs is 1. The van der Waals surface area contributed by atoms with E-state index in [9.17, 15) is 9.59 Å². The lowest BCUT2D eigenvalue weighted by Crippen LogP contribution is -2.25. The van der Waals surface area contributed by atoms with Gasteiger partial charge in [-0.3, -0.25) is 0 Å². The van der Waals surface area contributed by atoms with E-state index in [0.29, 0.717) is 35.5 Å². The van der Waals surface area contributed by atoms with Crippen molar-refractivity contribution in [2.24, 2.45) is 0 Å². The van der Waals surface area contributed by atoms with Crippen molar-refractivity contribution in [3.8, 4) is 11.5 Å². The zero-order valence-electron chi connectivity index (χ0n) is 19.3. The van der Waals surface area contributed by atoms with Crippen LogP contribution in [0.15, 0.2) is 60.7 Å². The second-order valence-electron chi connectivity index (χ2n) is 7.66. The zero-order valence-corrected chi connectivity index (χ0v) is 19.3. The molecule has 0 aliphatic carbocycles. The van der Waals surface area contributed by atoms with Crippen molar-refractivity contribution in [2.75, 3.05) is 13.2 Å². The summed E-state index contributed by atoms with van der Waals surface area (Å²) in [5, 5.41) is 1.75. The number of carbonyl (C=O) groups is 2. The molecule has 0 spiro atoms. The van der Waals surface area contributed by atoms with E-state index < -0.39 is 11.9 Å². The molecule has 0 N–H and O–H groups in total. The summed E-state index contributed by atoms with van der Waals surface area (Å²) < 4.78 is 22.8. The molecule has 2 aromatic rings. The molecule has 172 valence electrons. The quantitative estimate of drug-likeness (QED) is 0.325. The van der Waals surface area contributed by atoms with E-state index in [1.807, 2.05) is 50.2 Å². The van der Waals surface area contributed by atoms with Gasteiger partial charge in [-0.05, 0) is 38.8 Å². The number of hydrogen-bond acceptors (Lipinski definition) is 6. The van der Waals surface area contributed by atoms with Gasteiger partial charge in [0.05, 0.1) is 0 Å². The Morgan fingerprint density at radius 2 is 1.12 bits per heavy atom. The lowest BCUT2D eigenvalue weighted by molar-refractivity contribution is -0.146. The van der Waals surface area contributed by atoms with Crippen molar-refractivity contribution in [3.63, 3.8) is 0 Å². The Morgan fingerprint density at radius 1 is 0.750 bits per heavy atom. The molecular weight excluding hydrogens is 408 g/mol. The van der Waals surface area contributed by atoms with Crippen LogP contribution in [0.2, 0.25) is 0 Å². The van der Waals surface area contributed by atoms with Crippen molar-refractivity contribution < 1.29 is 28.5 Å². The summed E-state index contributed by atoms with van der Waals surface area (Å²) in [6.07, 6.45) is 0.503. The number of hydrogen-bond donors (Lipinski definition) is 0. The maximum Gasteiger partial charge on any atom is 0.333 e. The largest absolute Gasteiger partial charge is 0.489 e. The Bertz CT molecular complexity index is 898. The number of esters is 2. The highest BCUT2D eigenvalue weighted by atomic mass is 16.6. The summed E-state index contributed by atoms with van der Waals surface area (Å²) in [6.45, 7) is 14.8. The van der Waals surface area contributed by atoms with Gasteiger partial charge in [-0.1, -0.05) is 51.3 Å². The Kier molecular flexibility index (Phi) is 9.32. The number of ether oxygens (including phenoxy) is 4. The first-order chi connectivity index (χ1) is 15.3. The van der Waals surface area contributed by atoms with Crippen molar-refractivity contribution in [2.45, 2.75) is 52.7 Å². The van der Waals surface area contributed by atoms with Crippen molar-refractivity contribution in [1.29, 1.82) is 0 Å². The van der Waals surface area contributed by atoms with Crippen molar-refractivity contribution >= 4 is 22.7 Å². The van der Waals surface area contributed by atoms with Gasteiger partial charge in [0.1, 0.15) is 36.9 Å². The molecule has 2 aromatic carbocycles. The molecule has 0 heterocycles. The molecule has 0 saturated heterocycles. The van der Waals surface area contributed by atoms with Gasteiger partial charge in [-0.2, -0.15) is 0 Å². The Morgan fingerprint density at radius 3 is 1.44 bits per heavy atom. The molecule has 0 fully saturated rings. The van der Waals surface area contributed by atoms with E-state index in [1.54, 1.807) is 13.8 Å². The summed E-state index contributed by atoms with van der Waals surface area (Å²) in [6, 6.07) is 11.4. The monoisotopic (exact) mass is 440 g/mol. The summed E-state index contributed by atoms with van der Waals surface area (Å²) >= 11 is 0. The van der Waals surface area contributed by atoms with Crippen LogP contribution >= 0.6 is 0 Å². The van der Waals surface area contributed by atoms with Gasteiger partial charge < -0.3 is 18.9 Å². The van der Waals surface area contributed by atoms with Crippen molar-refractivity contribution in [1.82, 2.24) is 0 Å². The SMILES string of the molecule is C=C(C)C(=O)OC(CC)COc1cccc2c(OCC(CC)OC(=O)C(=C)C)cccc12. The van der Waals surface area contributed by atoms with E-state index in [0.717, 1.165) is 10.8 Å². The Balaban J connectivity index is 2.12. The smallest absolute Gasteiger partial charge is 0.333 e. The minimum atomic E-state index is -0.424. The van der Waals surface area contributed by atoms with Crippen LogP contribution in [0.25, 0.3) is 10.8 Å². The van der Waals surface area contributed by atoms with Gasteiger partial charge in [0.15, 0.2) is 0 Å². The third-order valence-corrected chi connectivity index (χ3v) is 4.85. The first-order valence-electron chi connectivity index (χ1n) is 10.8. The maximum absolute atomic E-state index is 11.8. The molecule has 0 aromatic heterocycles. The zero-order chi connectivity index (χ0) is 23.7. The van der Waals surface area contributed by atoms with Gasteiger partial charge in [-0.25, -0.2) is 9.59 Å². The molecule has 6 heteroatoms. The van der Waals surface area contributed by atoms with Gasteiger partial charge in [-0.15, -0.1) is 0 Å². The molecule has 6 nitrogen and oxygen atoms in total. The molecule has 0 aliphatic rings. The maximum atomic E-state index is 11.8. The Labute approximate surface area is 189 Å². The number of carbonyl (C=O) groups excluding carboxylic acids is 2. The highest BCUT2D eigenvalue weighted by molar-refractivity contribution is 5.93. The molecule has 2 rings (SSSR count). The average molecular weight is 441 g/mol. The number of rotatable bonds is 12. The fraction of sp³-hybridized carbons (Fsp3) is 0.385. The lowest BCUT2D eigenvalue weighted by atomic mass is 10.1. The predicted octanol–water partition coefficient (Wildman–Crippen LogP) is 5.39. The fourth-order valence-corrected chi connectivity index (χ4v) is 2.84. The summed E-state index contributed by atoms with van der Waals surface area (Å²) in [7, 11) is 0. The van der Waals surface area contributed by atoms with E-state index >= 15 is 0 Å². The van der Waals surface area contributed by atoms with Crippen LogP contribution in [0.1, 0.15) is 40.5 Å². The highest BCUT2D eigenvalue weighted by Gasteiger charge is 2.17. The first kappa shape index (κ1) is 25.0. The summed E-state index contributed by atoms with van der Waals surface area (Å²) in [5.74, 6) is 0.482. The van der Waals surface area contributed by atoms with E-state index in [1.165, 1.54) is 0 Å². The average Bonchev–Trinajstić information content (AvgIpc) is 2.78. The minimum absolute atomic E-state index is 0.231. The van der Waals surface area contributed by atoms with Crippen LogP contribution in [-0.4, -0.2) is 37.4 Å². The summed E-state index contributed by atoms with van der Waals surface area (Å²) in [5.41, 5.74) is 0.712. The highest BCUT2D eigenvalue weighted by Crippen LogP contribution is 2.32. The molecular formula is C26H32O6. The van der Waals surface area contributed by atoms with E-state index in [2.05, 4.69) is 13.2 Å². The standard InChI is InChI=1S/C26H32O6/c1-7-19(31-25(27)17(3)4)15-29-23-13-9-12-22-21(23)11-10-14-24(22)30-16-20(8-2)32-26(28)18(5)6/h9-14,19-20H,3,5,7-8,15-16H2,1-2,4,6H3. The minimum Gasteiger partial charge on any atom is -0.489 e. The van der Waals surface area contributed by atoms with Gasteiger partial charge in [0.25, 0.3) is 0 Å².